The standard InChI is InChI=1S/C22H28O4/c1-13(2)16-10-17-14(3)21(23)19(16)18(20(17)22(24)25-4)12-26-11-15-8-6-5-7-9-15/h5-9,14,16-20H,1,10-12H2,2-4H3/t14-,16-,17+,18-,19+,20-/m0/s1. The maximum absolute atomic E-state index is 13.0. The molecule has 3 aliphatic carbocycles. The van der Waals surface area contributed by atoms with Gasteiger partial charge in [-0.15, -0.1) is 0 Å². The Labute approximate surface area is 155 Å². The third-order valence-corrected chi connectivity index (χ3v) is 6.29. The second-order valence-corrected chi connectivity index (χ2v) is 7.78. The summed E-state index contributed by atoms with van der Waals surface area (Å²) in [6.45, 7) is 8.90. The molecule has 0 unspecified atom stereocenters. The molecule has 3 aliphatic rings. The lowest BCUT2D eigenvalue weighted by Gasteiger charge is -2.53. The molecule has 0 aromatic heterocycles. The van der Waals surface area contributed by atoms with Crippen molar-refractivity contribution in [3.8, 4) is 0 Å². The number of hydrogen-bond donors (Lipinski definition) is 0. The van der Waals surface area contributed by atoms with Crippen molar-refractivity contribution in [3.05, 3.63) is 48.0 Å². The Bertz CT molecular complexity index is 681. The van der Waals surface area contributed by atoms with Crippen molar-refractivity contribution in [3.63, 3.8) is 0 Å². The molecule has 6 atom stereocenters. The normalized spacial score (nSPS) is 33.1. The average Bonchev–Trinajstić information content (AvgIpc) is 2.65. The molecule has 1 aromatic rings. The highest BCUT2D eigenvalue weighted by atomic mass is 16.5. The molecule has 26 heavy (non-hydrogen) atoms. The van der Waals surface area contributed by atoms with Crippen molar-refractivity contribution in [1.82, 2.24) is 0 Å². The largest absolute Gasteiger partial charge is 0.469 e. The Kier molecular flexibility index (Phi) is 5.61. The summed E-state index contributed by atoms with van der Waals surface area (Å²) < 4.78 is 11.0. The number of ketones is 1. The molecule has 3 saturated carbocycles. The molecule has 0 saturated heterocycles. The van der Waals surface area contributed by atoms with Gasteiger partial charge in [0, 0.05) is 17.8 Å². The number of ether oxygens (including phenoxy) is 2. The van der Waals surface area contributed by atoms with Gasteiger partial charge in [0.15, 0.2) is 0 Å². The minimum atomic E-state index is -0.274. The van der Waals surface area contributed by atoms with Crippen LogP contribution in [-0.4, -0.2) is 25.5 Å². The van der Waals surface area contributed by atoms with Crippen LogP contribution in [-0.2, 0) is 25.7 Å². The number of esters is 1. The fourth-order valence-electron chi connectivity index (χ4n) is 4.95. The Morgan fingerprint density at radius 2 is 1.96 bits per heavy atom. The molecule has 4 rings (SSSR count). The molecular weight excluding hydrogens is 328 g/mol. The lowest BCUT2D eigenvalue weighted by molar-refractivity contribution is -0.171. The third-order valence-electron chi connectivity index (χ3n) is 6.29. The highest BCUT2D eigenvalue weighted by molar-refractivity contribution is 5.89. The Morgan fingerprint density at radius 3 is 2.58 bits per heavy atom. The number of hydrogen-bond acceptors (Lipinski definition) is 4. The molecule has 3 fully saturated rings. The SMILES string of the molecule is C=C(C)[C@@H]1C[C@H]2[C@H](C(=O)OC)[C@@H](COCc3ccccc3)[C@@H]1C(=O)[C@H]2C. The van der Waals surface area contributed by atoms with E-state index in [1.54, 1.807) is 0 Å². The number of carbonyl (C=O) groups is 2. The molecular formula is C22H28O4. The number of allylic oxidation sites excluding steroid dienone is 1. The van der Waals surface area contributed by atoms with Crippen LogP contribution in [0.2, 0.25) is 0 Å². The van der Waals surface area contributed by atoms with Gasteiger partial charge >= 0.3 is 5.97 Å². The van der Waals surface area contributed by atoms with Crippen LogP contribution < -0.4 is 0 Å². The van der Waals surface area contributed by atoms with E-state index in [1.807, 2.05) is 44.2 Å². The van der Waals surface area contributed by atoms with Gasteiger partial charge < -0.3 is 9.47 Å². The molecule has 0 N–H and O–H groups in total. The van der Waals surface area contributed by atoms with Crippen LogP contribution >= 0.6 is 0 Å². The number of benzene rings is 1. The van der Waals surface area contributed by atoms with E-state index < -0.39 is 0 Å². The fraction of sp³-hybridized carbons (Fsp3) is 0.545. The molecule has 0 heterocycles. The molecule has 2 bridgehead atoms. The van der Waals surface area contributed by atoms with Crippen LogP contribution in [0.15, 0.2) is 42.5 Å². The predicted octanol–water partition coefficient (Wildman–Crippen LogP) is 3.66. The average molecular weight is 356 g/mol. The highest BCUT2D eigenvalue weighted by Gasteiger charge is 2.58. The summed E-state index contributed by atoms with van der Waals surface area (Å²) in [5, 5.41) is 0. The van der Waals surface area contributed by atoms with Crippen LogP contribution in [0, 0.1) is 35.5 Å². The third kappa shape index (κ3) is 3.35. The highest BCUT2D eigenvalue weighted by Crippen LogP contribution is 2.54. The monoisotopic (exact) mass is 356 g/mol. The number of fused-ring (bicyclic) bond motifs is 3. The van der Waals surface area contributed by atoms with Gasteiger partial charge in [-0.05, 0) is 30.7 Å². The van der Waals surface area contributed by atoms with Gasteiger partial charge in [0.1, 0.15) is 5.78 Å². The summed E-state index contributed by atoms with van der Waals surface area (Å²) in [5.74, 6) is -0.547. The number of Topliss-reactive ketones (excluding diaryl/α,β-unsaturated/α-hetero) is 1. The van der Waals surface area contributed by atoms with Crippen molar-refractivity contribution >= 4 is 11.8 Å². The fourth-order valence-corrected chi connectivity index (χ4v) is 4.95. The summed E-state index contributed by atoms with van der Waals surface area (Å²) in [6.07, 6.45) is 0.835. The van der Waals surface area contributed by atoms with Gasteiger partial charge in [-0.2, -0.15) is 0 Å². The first kappa shape index (κ1) is 18.8. The molecule has 0 spiro atoms. The van der Waals surface area contributed by atoms with Crippen molar-refractivity contribution in [2.24, 2.45) is 35.5 Å². The van der Waals surface area contributed by atoms with E-state index in [0.717, 1.165) is 17.6 Å². The van der Waals surface area contributed by atoms with E-state index >= 15 is 0 Å². The van der Waals surface area contributed by atoms with Gasteiger partial charge in [-0.3, -0.25) is 9.59 Å². The summed E-state index contributed by atoms with van der Waals surface area (Å²) in [6, 6.07) is 9.93. The summed E-state index contributed by atoms with van der Waals surface area (Å²) >= 11 is 0. The van der Waals surface area contributed by atoms with Crippen LogP contribution in [0.25, 0.3) is 0 Å². The predicted molar refractivity (Wildman–Crippen MR) is 99.2 cm³/mol. The molecule has 1 aromatic carbocycles. The van der Waals surface area contributed by atoms with Crippen LogP contribution in [0.3, 0.4) is 0 Å². The van der Waals surface area contributed by atoms with Crippen molar-refractivity contribution in [2.75, 3.05) is 13.7 Å². The summed E-state index contributed by atoms with van der Waals surface area (Å²) in [4.78, 5) is 25.5. The lowest BCUT2D eigenvalue weighted by atomic mass is 9.50. The van der Waals surface area contributed by atoms with Gasteiger partial charge in [0.25, 0.3) is 0 Å². The maximum atomic E-state index is 13.0. The number of rotatable bonds is 6. The van der Waals surface area contributed by atoms with E-state index in [2.05, 4.69) is 6.58 Å². The van der Waals surface area contributed by atoms with Crippen molar-refractivity contribution in [1.29, 1.82) is 0 Å². The summed E-state index contributed by atoms with van der Waals surface area (Å²) in [5.41, 5.74) is 2.11. The van der Waals surface area contributed by atoms with E-state index in [1.165, 1.54) is 7.11 Å². The Hall–Kier alpha value is -1.94. The van der Waals surface area contributed by atoms with Gasteiger partial charge in [-0.1, -0.05) is 49.4 Å². The zero-order valence-corrected chi connectivity index (χ0v) is 15.8. The van der Waals surface area contributed by atoms with Crippen molar-refractivity contribution in [2.45, 2.75) is 26.9 Å². The minimum absolute atomic E-state index is 0.00646. The van der Waals surface area contributed by atoms with Gasteiger partial charge in [-0.25, -0.2) is 0 Å². The molecule has 0 radical (unpaired) electrons. The first-order valence-corrected chi connectivity index (χ1v) is 9.34. The lowest BCUT2D eigenvalue weighted by Crippen LogP contribution is -2.58. The number of carbonyl (C=O) groups excluding carboxylic acids is 2. The molecule has 0 amide bonds. The first-order valence-electron chi connectivity index (χ1n) is 9.34. The Balaban J connectivity index is 1.81. The second kappa shape index (κ2) is 7.75. The molecule has 140 valence electrons. The Morgan fingerprint density at radius 1 is 1.27 bits per heavy atom. The van der Waals surface area contributed by atoms with E-state index in [4.69, 9.17) is 9.47 Å². The van der Waals surface area contributed by atoms with Crippen molar-refractivity contribution < 1.29 is 19.1 Å². The van der Waals surface area contributed by atoms with Gasteiger partial charge in [0.2, 0.25) is 0 Å². The van der Waals surface area contributed by atoms with E-state index in [9.17, 15) is 9.59 Å². The zero-order valence-electron chi connectivity index (χ0n) is 15.8. The molecule has 0 aliphatic heterocycles. The quantitative estimate of drug-likeness (QED) is 0.577. The maximum Gasteiger partial charge on any atom is 0.309 e. The van der Waals surface area contributed by atoms with Crippen LogP contribution in [0.5, 0.6) is 0 Å². The van der Waals surface area contributed by atoms with Crippen LogP contribution in [0.4, 0.5) is 0 Å². The first-order chi connectivity index (χ1) is 12.5. The summed E-state index contributed by atoms with van der Waals surface area (Å²) in [7, 11) is 1.43. The molecule has 4 nitrogen and oxygen atoms in total. The molecule has 4 heteroatoms. The zero-order chi connectivity index (χ0) is 18.8. The van der Waals surface area contributed by atoms with E-state index in [-0.39, 0.29) is 47.3 Å². The van der Waals surface area contributed by atoms with Crippen LogP contribution in [0.1, 0.15) is 25.8 Å². The smallest absolute Gasteiger partial charge is 0.309 e. The van der Waals surface area contributed by atoms with Gasteiger partial charge in [0.05, 0.1) is 26.2 Å². The topological polar surface area (TPSA) is 52.6 Å². The second-order valence-electron chi connectivity index (χ2n) is 7.78. The number of methoxy groups -OCH3 is 1. The minimum Gasteiger partial charge on any atom is -0.469 e. The van der Waals surface area contributed by atoms with E-state index in [0.29, 0.717) is 13.2 Å².